The standard InChI is InChI=1S/C30H34F8N2O2Si/c1-28(2,3)43(4,5)42-27(14-29(33,34)35)21-13-26(32)23(20-8-9-39-15-22(20)21)16-40-17-10-19(11-17)41-18-6-7-25(31)24(12-18)30(36,37)38/h6-9,12-13,15,17,19,27,40H,10-11,14,16H2,1-5H3/t17?,19?,27-/m1/s1. The Bertz CT molecular complexity index is 1450. The number of alkyl halides is 6. The summed E-state index contributed by atoms with van der Waals surface area (Å²) in [6.07, 6.45) is -8.85. The lowest BCUT2D eigenvalue weighted by Gasteiger charge is -2.40. The molecule has 0 spiro atoms. The number of nitrogens with zero attached hydrogens (tertiary/aromatic N) is 1. The molecule has 1 aliphatic rings. The van der Waals surface area contributed by atoms with Crippen LogP contribution in [0.25, 0.3) is 10.8 Å². The topological polar surface area (TPSA) is 43.4 Å². The second kappa shape index (κ2) is 12.0. The van der Waals surface area contributed by atoms with Gasteiger partial charge in [0.05, 0.1) is 18.1 Å². The van der Waals surface area contributed by atoms with Gasteiger partial charge in [-0.05, 0) is 72.3 Å². The van der Waals surface area contributed by atoms with Crippen LogP contribution in [-0.2, 0) is 17.1 Å². The number of benzene rings is 2. The molecule has 0 bridgehead atoms. The summed E-state index contributed by atoms with van der Waals surface area (Å²) in [7, 11) is -2.69. The Balaban J connectivity index is 1.50. The van der Waals surface area contributed by atoms with Gasteiger partial charge in [0.1, 0.15) is 23.5 Å². The summed E-state index contributed by atoms with van der Waals surface area (Å²) in [4.78, 5) is 4.09. The smallest absolute Gasteiger partial charge is 0.419 e. The zero-order valence-corrected chi connectivity index (χ0v) is 25.4. The molecule has 0 aliphatic heterocycles. The largest absolute Gasteiger partial charge is 0.490 e. The van der Waals surface area contributed by atoms with Gasteiger partial charge in [0, 0.05) is 35.9 Å². The van der Waals surface area contributed by atoms with Gasteiger partial charge in [-0.1, -0.05) is 20.8 Å². The number of hydrogen-bond donors (Lipinski definition) is 1. The summed E-state index contributed by atoms with van der Waals surface area (Å²) < 4.78 is 121. The fourth-order valence-corrected chi connectivity index (χ4v) is 6.06. The number of hydrogen-bond acceptors (Lipinski definition) is 4. The normalized spacial score (nSPS) is 18.9. The fourth-order valence-electron chi connectivity index (χ4n) is 4.78. The van der Waals surface area contributed by atoms with Crippen LogP contribution in [0, 0.1) is 11.6 Å². The van der Waals surface area contributed by atoms with E-state index >= 15 is 4.39 Å². The second-order valence-electron chi connectivity index (χ2n) is 12.5. The summed E-state index contributed by atoms with van der Waals surface area (Å²) in [6, 6.07) is 4.95. The van der Waals surface area contributed by atoms with Crippen LogP contribution in [0.4, 0.5) is 35.1 Å². The first-order valence-electron chi connectivity index (χ1n) is 13.8. The highest BCUT2D eigenvalue weighted by Gasteiger charge is 2.43. The van der Waals surface area contributed by atoms with Crippen LogP contribution in [0.2, 0.25) is 18.1 Å². The van der Waals surface area contributed by atoms with Crippen LogP contribution in [-0.4, -0.2) is 31.6 Å². The molecule has 1 fully saturated rings. The lowest BCUT2D eigenvalue weighted by atomic mass is 9.88. The SMILES string of the molecule is CC(C)(C)[Si](C)(C)O[C@H](CC(F)(F)F)c1cc(F)c(CNC2CC(Oc3ccc(F)c(C(F)(F)F)c3)C2)c2ccncc12. The van der Waals surface area contributed by atoms with Crippen molar-refractivity contribution in [3.8, 4) is 5.75 Å². The van der Waals surface area contributed by atoms with E-state index in [-0.39, 0.29) is 34.5 Å². The van der Waals surface area contributed by atoms with Gasteiger partial charge in [-0.3, -0.25) is 4.98 Å². The zero-order chi connectivity index (χ0) is 32.0. The molecular formula is C30H34F8N2O2Si. The lowest BCUT2D eigenvalue weighted by Crippen LogP contribution is -2.46. The minimum absolute atomic E-state index is 0.0474. The molecule has 13 heteroatoms. The number of ether oxygens (including phenoxy) is 1. The molecule has 1 aliphatic carbocycles. The zero-order valence-electron chi connectivity index (χ0n) is 24.4. The van der Waals surface area contributed by atoms with Crippen LogP contribution < -0.4 is 10.1 Å². The summed E-state index contributed by atoms with van der Waals surface area (Å²) in [5.74, 6) is -2.18. The van der Waals surface area contributed by atoms with Gasteiger partial charge in [0.2, 0.25) is 0 Å². The molecule has 4 nitrogen and oxygen atoms in total. The van der Waals surface area contributed by atoms with E-state index in [9.17, 15) is 30.7 Å². The van der Waals surface area contributed by atoms with E-state index in [4.69, 9.17) is 9.16 Å². The number of fused-ring (bicyclic) bond motifs is 1. The summed E-state index contributed by atoms with van der Waals surface area (Å²) in [5, 5.41) is 3.57. The van der Waals surface area contributed by atoms with E-state index in [1.807, 2.05) is 33.9 Å². The molecule has 0 unspecified atom stereocenters. The van der Waals surface area contributed by atoms with E-state index in [1.54, 1.807) is 6.07 Å². The van der Waals surface area contributed by atoms with Gasteiger partial charge in [0.25, 0.3) is 0 Å². The molecule has 4 rings (SSSR count). The van der Waals surface area contributed by atoms with Crippen molar-refractivity contribution in [3.63, 3.8) is 0 Å². The average molecular weight is 635 g/mol. The monoisotopic (exact) mass is 634 g/mol. The molecule has 0 radical (unpaired) electrons. The van der Waals surface area contributed by atoms with Crippen molar-refractivity contribution in [2.75, 3.05) is 0 Å². The molecule has 1 atom stereocenters. The number of aromatic nitrogens is 1. The van der Waals surface area contributed by atoms with Crippen molar-refractivity contribution >= 4 is 19.1 Å². The quantitative estimate of drug-likeness (QED) is 0.188. The van der Waals surface area contributed by atoms with Gasteiger partial charge in [0.15, 0.2) is 8.32 Å². The summed E-state index contributed by atoms with van der Waals surface area (Å²) in [5.41, 5.74) is -1.08. The van der Waals surface area contributed by atoms with Gasteiger partial charge >= 0.3 is 12.4 Å². The first-order valence-corrected chi connectivity index (χ1v) is 16.7. The Labute approximate surface area is 245 Å². The third-order valence-corrected chi connectivity index (χ3v) is 12.7. The van der Waals surface area contributed by atoms with Gasteiger partial charge in [-0.25, -0.2) is 8.78 Å². The fraction of sp³-hybridized carbons (Fsp3) is 0.500. The van der Waals surface area contributed by atoms with Gasteiger partial charge in [-0.15, -0.1) is 0 Å². The highest BCUT2D eigenvalue weighted by molar-refractivity contribution is 6.74. The number of nitrogens with one attached hydrogen (secondary N) is 1. The average Bonchev–Trinajstić information content (AvgIpc) is 2.84. The van der Waals surface area contributed by atoms with Crippen LogP contribution >= 0.6 is 0 Å². The second-order valence-corrected chi connectivity index (χ2v) is 17.2. The third kappa shape index (κ3) is 7.85. The van der Waals surface area contributed by atoms with E-state index < -0.39 is 56.5 Å². The highest BCUT2D eigenvalue weighted by Crippen LogP contribution is 2.44. The third-order valence-electron chi connectivity index (χ3n) is 8.24. The number of halogens is 8. The highest BCUT2D eigenvalue weighted by atomic mass is 28.4. The Morgan fingerprint density at radius 1 is 0.953 bits per heavy atom. The molecule has 43 heavy (non-hydrogen) atoms. The van der Waals surface area contributed by atoms with E-state index in [0.29, 0.717) is 35.7 Å². The van der Waals surface area contributed by atoms with Crippen molar-refractivity contribution in [1.82, 2.24) is 10.3 Å². The van der Waals surface area contributed by atoms with Gasteiger partial charge < -0.3 is 14.5 Å². The van der Waals surface area contributed by atoms with E-state index in [1.165, 1.54) is 12.4 Å². The predicted molar refractivity (Wildman–Crippen MR) is 149 cm³/mol. The molecule has 2 aromatic carbocycles. The van der Waals surface area contributed by atoms with Crippen LogP contribution in [0.3, 0.4) is 0 Å². The molecule has 0 amide bonds. The Morgan fingerprint density at radius 3 is 2.23 bits per heavy atom. The predicted octanol–water partition coefficient (Wildman–Crippen LogP) is 9.25. The van der Waals surface area contributed by atoms with Crippen LogP contribution in [0.5, 0.6) is 5.75 Å². The summed E-state index contributed by atoms with van der Waals surface area (Å²) >= 11 is 0. The minimum atomic E-state index is -4.85. The van der Waals surface area contributed by atoms with Crippen molar-refractivity contribution in [1.29, 1.82) is 0 Å². The first-order chi connectivity index (χ1) is 19.7. The minimum Gasteiger partial charge on any atom is -0.490 e. The van der Waals surface area contributed by atoms with Crippen LogP contribution in [0.1, 0.15) is 62.8 Å². The molecule has 3 aromatic rings. The maximum Gasteiger partial charge on any atom is 0.419 e. The molecule has 1 aromatic heterocycles. The maximum absolute atomic E-state index is 15.6. The number of rotatable bonds is 9. The first kappa shape index (κ1) is 33.1. The molecule has 1 N–H and O–H groups in total. The molecule has 1 saturated carbocycles. The summed E-state index contributed by atoms with van der Waals surface area (Å²) in [6.45, 7) is 9.46. The van der Waals surface area contributed by atoms with E-state index in [0.717, 1.165) is 12.1 Å². The Kier molecular flexibility index (Phi) is 9.21. The van der Waals surface area contributed by atoms with Crippen molar-refractivity contribution in [2.24, 2.45) is 0 Å². The Morgan fingerprint density at radius 2 is 1.63 bits per heavy atom. The van der Waals surface area contributed by atoms with Crippen molar-refractivity contribution in [3.05, 3.63) is 71.1 Å². The Hall–Kier alpha value is -2.77. The van der Waals surface area contributed by atoms with Crippen molar-refractivity contribution in [2.45, 2.75) is 95.3 Å². The van der Waals surface area contributed by atoms with E-state index in [2.05, 4.69) is 10.3 Å². The van der Waals surface area contributed by atoms with Crippen molar-refractivity contribution < 1.29 is 44.3 Å². The number of pyridine rings is 1. The van der Waals surface area contributed by atoms with Gasteiger partial charge in [-0.2, -0.15) is 26.3 Å². The lowest BCUT2D eigenvalue weighted by molar-refractivity contribution is -0.152. The maximum atomic E-state index is 15.6. The van der Waals surface area contributed by atoms with Crippen LogP contribution in [0.15, 0.2) is 42.7 Å². The molecule has 236 valence electrons. The molecular weight excluding hydrogens is 600 g/mol. The molecule has 1 heterocycles. The molecule has 0 saturated heterocycles.